The van der Waals surface area contributed by atoms with Gasteiger partial charge in [0.15, 0.2) is 4.91 Å². The average Bonchev–Trinajstić information content (AvgIpc) is 2.71. The Morgan fingerprint density at radius 2 is 1.52 bits per heavy atom. The molecule has 0 bridgehead atoms. The van der Waals surface area contributed by atoms with Crippen molar-refractivity contribution in [3.05, 3.63) is 69.3 Å². The summed E-state index contributed by atoms with van der Waals surface area (Å²) in [7, 11) is -4.50. The van der Waals surface area contributed by atoms with Crippen LogP contribution in [-0.4, -0.2) is 15.0 Å². The number of anilines is 1. The van der Waals surface area contributed by atoms with Crippen molar-refractivity contribution < 1.29 is 34.8 Å². The summed E-state index contributed by atoms with van der Waals surface area (Å²) < 4.78 is 105. The molecule has 0 fully saturated rings. The molecular weight excluding hydrogens is 496 g/mol. The summed E-state index contributed by atoms with van der Waals surface area (Å²) in [6.45, 7) is 1.74. The van der Waals surface area contributed by atoms with E-state index in [0.717, 1.165) is 12.1 Å². The quantitative estimate of drug-likeness (QED) is 0.354. The third-order valence-electron chi connectivity index (χ3n) is 4.13. The van der Waals surface area contributed by atoms with Crippen LogP contribution in [0.2, 0.25) is 5.02 Å². The highest BCUT2D eigenvalue weighted by molar-refractivity contribution is 7.95. The zero-order chi connectivity index (χ0) is 25.0. The lowest BCUT2D eigenvalue weighted by Gasteiger charge is -2.18. The summed E-state index contributed by atoms with van der Waals surface area (Å²) in [6.07, 6.45) is -9.81. The van der Waals surface area contributed by atoms with Gasteiger partial charge in [-0.2, -0.15) is 31.6 Å². The van der Waals surface area contributed by atoms with E-state index in [1.807, 2.05) is 0 Å². The van der Waals surface area contributed by atoms with E-state index < -0.39 is 49.7 Å². The maximum atomic E-state index is 13.2. The highest BCUT2D eigenvalue weighted by atomic mass is 35.5. The molecule has 0 aliphatic heterocycles. The Morgan fingerprint density at radius 3 is 1.94 bits per heavy atom. The van der Waals surface area contributed by atoms with Crippen LogP contribution >= 0.6 is 11.6 Å². The van der Waals surface area contributed by atoms with Gasteiger partial charge in [-0.3, -0.25) is 0 Å². The van der Waals surface area contributed by atoms with Crippen LogP contribution in [0.1, 0.15) is 24.5 Å². The van der Waals surface area contributed by atoms with Crippen LogP contribution in [-0.2, 0) is 22.2 Å². The standard InChI is InChI=1S/C20H16ClF6N3O2S/c1-2-7-29-18(17(11-28)33(31,32)16-5-3-14(21)4-6-16)30-15-9-12(19(22,23)24)8-13(10-15)20(25,26)27/h3-6,8-10,29-30H,2,7H2,1H3/b18-17-. The van der Waals surface area contributed by atoms with Gasteiger partial charge in [0.05, 0.1) is 16.0 Å². The van der Waals surface area contributed by atoms with Crippen LogP contribution in [0.25, 0.3) is 0 Å². The first kappa shape index (κ1) is 26.3. The molecule has 0 aliphatic carbocycles. The van der Waals surface area contributed by atoms with Crippen molar-refractivity contribution in [1.82, 2.24) is 5.32 Å². The number of nitrogens with zero attached hydrogens (tertiary/aromatic N) is 1. The van der Waals surface area contributed by atoms with Gasteiger partial charge in [-0.15, -0.1) is 0 Å². The second kappa shape index (κ2) is 9.93. The monoisotopic (exact) mass is 511 g/mol. The van der Waals surface area contributed by atoms with Gasteiger partial charge in [-0.05, 0) is 48.9 Å². The SMILES string of the molecule is CCCN/C(Nc1cc(C(F)(F)F)cc(C(F)(F)F)c1)=C(\C#N)S(=O)(=O)c1ccc(Cl)cc1. The molecule has 0 unspecified atom stereocenters. The van der Waals surface area contributed by atoms with E-state index in [0.29, 0.717) is 18.6 Å². The van der Waals surface area contributed by atoms with Crippen molar-refractivity contribution in [2.75, 3.05) is 11.9 Å². The Hall–Kier alpha value is -2.91. The van der Waals surface area contributed by atoms with Gasteiger partial charge >= 0.3 is 12.4 Å². The van der Waals surface area contributed by atoms with Crippen LogP contribution in [0, 0.1) is 11.3 Å². The normalized spacial score (nSPS) is 13.2. The Bertz CT molecular complexity index is 1150. The largest absolute Gasteiger partial charge is 0.416 e. The fraction of sp³-hybridized carbons (Fsp3) is 0.250. The molecule has 2 rings (SSSR count). The van der Waals surface area contributed by atoms with Crippen LogP contribution in [0.5, 0.6) is 0 Å². The van der Waals surface area contributed by atoms with Gasteiger partial charge in [0.25, 0.3) is 0 Å². The third kappa shape index (κ3) is 6.55. The van der Waals surface area contributed by atoms with Crippen molar-refractivity contribution in [2.45, 2.75) is 30.6 Å². The average molecular weight is 512 g/mol. The Balaban J connectivity index is 2.69. The summed E-state index contributed by atoms with van der Waals surface area (Å²) >= 11 is 5.74. The highest BCUT2D eigenvalue weighted by Crippen LogP contribution is 2.38. The van der Waals surface area contributed by atoms with E-state index in [9.17, 15) is 40.0 Å². The predicted molar refractivity (Wildman–Crippen MR) is 110 cm³/mol. The predicted octanol–water partition coefficient (Wildman–Crippen LogP) is 5.96. The van der Waals surface area contributed by atoms with Crippen molar-refractivity contribution >= 4 is 27.1 Å². The topological polar surface area (TPSA) is 82.0 Å². The van der Waals surface area contributed by atoms with Gasteiger partial charge in [0, 0.05) is 17.3 Å². The fourth-order valence-corrected chi connectivity index (χ4v) is 3.95. The molecule has 0 radical (unpaired) electrons. The first-order chi connectivity index (χ1) is 15.2. The van der Waals surface area contributed by atoms with Crippen molar-refractivity contribution in [3.8, 4) is 6.07 Å². The molecule has 2 aromatic rings. The van der Waals surface area contributed by atoms with Gasteiger partial charge in [0.1, 0.15) is 11.9 Å². The van der Waals surface area contributed by atoms with E-state index in [1.54, 1.807) is 6.92 Å². The van der Waals surface area contributed by atoms with Crippen molar-refractivity contribution in [1.29, 1.82) is 5.26 Å². The van der Waals surface area contributed by atoms with Gasteiger partial charge in [0.2, 0.25) is 9.84 Å². The molecule has 2 N–H and O–H groups in total. The maximum absolute atomic E-state index is 13.2. The Morgan fingerprint density at radius 1 is 1.00 bits per heavy atom. The minimum absolute atomic E-state index is 0.0642. The Labute approximate surface area is 190 Å². The molecule has 0 amide bonds. The summed E-state index contributed by atoms with van der Waals surface area (Å²) in [5.74, 6) is -0.568. The van der Waals surface area contributed by atoms with Crippen LogP contribution in [0.15, 0.2) is 58.1 Å². The maximum Gasteiger partial charge on any atom is 0.416 e. The molecular formula is C20H16ClF6N3O2S. The number of benzene rings is 2. The molecule has 2 aromatic carbocycles. The lowest BCUT2D eigenvalue weighted by Crippen LogP contribution is -2.25. The van der Waals surface area contributed by atoms with Crippen molar-refractivity contribution in [2.24, 2.45) is 0 Å². The first-order valence-corrected chi connectivity index (χ1v) is 11.0. The second-order valence-electron chi connectivity index (χ2n) is 6.62. The minimum atomic E-state index is -5.11. The number of hydrogen-bond acceptors (Lipinski definition) is 5. The van der Waals surface area contributed by atoms with E-state index in [2.05, 4.69) is 10.6 Å². The summed E-state index contributed by atoms with van der Waals surface area (Å²) in [5.41, 5.74) is -3.92. The molecule has 0 spiro atoms. The number of alkyl halides is 6. The summed E-state index contributed by atoms with van der Waals surface area (Å²) in [5, 5.41) is 14.5. The van der Waals surface area contributed by atoms with Crippen LogP contribution in [0.4, 0.5) is 32.0 Å². The molecule has 178 valence electrons. The minimum Gasteiger partial charge on any atom is -0.370 e. The van der Waals surface area contributed by atoms with Gasteiger partial charge < -0.3 is 10.6 Å². The molecule has 0 saturated carbocycles. The molecule has 5 nitrogen and oxygen atoms in total. The summed E-state index contributed by atoms with van der Waals surface area (Å²) in [4.78, 5) is -1.27. The molecule has 13 heteroatoms. The lowest BCUT2D eigenvalue weighted by atomic mass is 10.1. The number of allylic oxidation sites excluding steroid dienone is 1. The van der Waals surface area contributed by atoms with E-state index in [1.165, 1.54) is 18.2 Å². The number of nitriles is 1. The zero-order valence-corrected chi connectivity index (χ0v) is 18.3. The van der Waals surface area contributed by atoms with Gasteiger partial charge in [-0.1, -0.05) is 18.5 Å². The van der Waals surface area contributed by atoms with Crippen LogP contribution in [0.3, 0.4) is 0 Å². The van der Waals surface area contributed by atoms with Crippen LogP contribution < -0.4 is 10.6 Å². The number of rotatable bonds is 7. The molecule has 0 aromatic heterocycles. The molecule has 33 heavy (non-hydrogen) atoms. The number of nitrogens with one attached hydrogen (secondary N) is 2. The Kier molecular flexibility index (Phi) is 7.92. The number of halogens is 7. The lowest BCUT2D eigenvalue weighted by molar-refractivity contribution is -0.143. The summed E-state index contributed by atoms with van der Waals surface area (Å²) in [6, 6.07) is 6.88. The molecule has 0 saturated heterocycles. The molecule has 0 atom stereocenters. The van der Waals surface area contributed by atoms with E-state index >= 15 is 0 Å². The van der Waals surface area contributed by atoms with Crippen molar-refractivity contribution in [3.63, 3.8) is 0 Å². The zero-order valence-electron chi connectivity index (χ0n) is 16.8. The molecule has 0 heterocycles. The molecule has 0 aliphatic rings. The number of hydrogen-bond donors (Lipinski definition) is 2. The highest BCUT2D eigenvalue weighted by Gasteiger charge is 2.37. The van der Waals surface area contributed by atoms with E-state index in [-0.39, 0.29) is 22.5 Å². The smallest absolute Gasteiger partial charge is 0.370 e. The second-order valence-corrected chi connectivity index (χ2v) is 8.94. The fourth-order valence-electron chi connectivity index (χ4n) is 2.58. The van der Waals surface area contributed by atoms with E-state index in [4.69, 9.17) is 11.6 Å². The van der Waals surface area contributed by atoms with Gasteiger partial charge in [-0.25, -0.2) is 8.42 Å². The third-order valence-corrected chi connectivity index (χ3v) is 6.11. The number of sulfone groups is 1. The first-order valence-electron chi connectivity index (χ1n) is 9.15.